The van der Waals surface area contributed by atoms with E-state index in [1.54, 1.807) is 24.3 Å². The predicted octanol–water partition coefficient (Wildman–Crippen LogP) is 5.14. The highest BCUT2D eigenvalue weighted by atomic mass is 35.5. The van der Waals surface area contributed by atoms with Crippen molar-refractivity contribution in [2.24, 2.45) is 5.92 Å². The molecule has 2 aromatic carbocycles. The van der Waals surface area contributed by atoms with Gasteiger partial charge in [0.2, 0.25) is 0 Å². The maximum absolute atomic E-state index is 12.3. The van der Waals surface area contributed by atoms with Gasteiger partial charge in [-0.25, -0.2) is 4.98 Å². The highest BCUT2D eigenvalue weighted by molar-refractivity contribution is 6.30. The number of para-hydroxylation sites is 1. The molecular weight excluding hydrogens is 386 g/mol. The summed E-state index contributed by atoms with van der Waals surface area (Å²) in [5, 5.41) is 4.36. The van der Waals surface area contributed by atoms with Gasteiger partial charge in [0.1, 0.15) is 17.1 Å². The van der Waals surface area contributed by atoms with E-state index in [1.165, 1.54) is 12.8 Å². The molecule has 4 rings (SSSR count). The summed E-state index contributed by atoms with van der Waals surface area (Å²) in [5.74, 6) is 1.99. The lowest BCUT2D eigenvalue weighted by atomic mass is 10.0. The summed E-state index contributed by atoms with van der Waals surface area (Å²) in [6.45, 7) is 4.22. The Labute approximate surface area is 175 Å². The number of amides is 1. The lowest BCUT2D eigenvalue weighted by Crippen LogP contribution is -2.34. The number of halogens is 1. The molecule has 29 heavy (non-hydrogen) atoms. The normalized spacial score (nSPS) is 16.6. The quantitative estimate of drug-likeness (QED) is 0.633. The van der Waals surface area contributed by atoms with Crippen LogP contribution in [0.25, 0.3) is 10.9 Å². The van der Waals surface area contributed by atoms with Gasteiger partial charge in [-0.1, -0.05) is 36.7 Å². The first kappa shape index (κ1) is 19.5. The van der Waals surface area contributed by atoms with Gasteiger partial charge in [-0.2, -0.15) is 0 Å². The number of benzene rings is 2. The molecule has 1 fully saturated rings. The van der Waals surface area contributed by atoms with E-state index in [-0.39, 0.29) is 12.5 Å². The second-order valence-corrected chi connectivity index (χ2v) is 7.97. The number of aromatic nitrogens is 1. The Hall–Kier alpha value is -2.79. The maximum Gasteiger partial charge on any atom is 0.262 e. The van der Waals surface area contributed by atoms with Crippen LogP contribution in [0.1, 0.15) is 19.8 Å². The number of nitrogens with one attached hydrogen (secondary N) is 1. The molecule has 1 atom stereocenters. The summed E-state index contributed by atoms with van der Waals surface area (Å²) in [5.41, 5.74) is 1.42. The maximum atomic E-state index is 12.3. The summed E-state index contributed by atoms with van der Waals surface area (Å²) in [4.78, 5) is 19.5. The predicted molar refractivity (Wildman–Crippen MR) is 118 cm³/mol. The van der Waals surface area contributed by atoms with E-state index in [4.69, 9.17) is 21.3 Å². The second kappa shape index (κ2) is 8.70. The summed E-state index contributed by atoms with van der Waals surface area (Å²) in [7, 11) is 0. The van der Waals surface area contributed by atoms with E-state index < -0.39 is 0 Å². The zero-order valence-corrected chi connectivity index (χ0v) is 17.2. The highest BCUT2D eigenvalue weighted by Gasteiger charge is 2.18. The largest absolute Gasteiger partial charge is 0.481 e. The van der Waals surface area contributed by atoms with E-state index in [1.807, 2.05) is 18.2 Å². The Morgan fingerprint density at radius 2 is 2.10 bits per heavy atom. The van der Waals surface area contributed by atoms with Crippen LogP contribution in [-0.4, -0.2) is 30.6 Å². The Morgan fingerprint density at radius 3 is 2.93 bits per heavy atom. The summed E-state index contributed by atoms with van der Waals surface area (Å²) in [6.07, 6.45) is 2.45. The molecule has 5 nitrogen and oxygen atoms in total. The molecule has 1 amide bonds. The zero-order valence-electron chi connectivity index (χ0n) is 16.4. The number of hydrogen-bond donors (Lipinski definition) is 1. The van der Waals surface area contributed by atoms with Gasteiger partial charge in [-0.15, -0.1) is 0 Å². The van der Waals surface area contributed by atoms with Crippen LogP contribution in [0.2, 0.25) is 5.02 Å². The van der Waals surface area contributed by atoms with E-state index in [0.29, 0.717) is 22.4 Å². The van der Waals surface area contributed by atoms with E-state index >= 15 is 0 Å². The third-order valence-corrected chi connectivity index (χ3v) is 5.35. The number of ether oxygens (including phenoxy) is 1. The van der Waals surface area contributed by atoms with Crippen LogP contribution in [-0.2, 0) is 4.79 Å². The van der Waals surface area contributed by atoms with Gasteiger partial charge in [0, 0.05) is 29.2 Å². The van der Waals surface area contributed by atoms with Crippen molar-refractivity contribution in [3.8, 4) is 5.75 Å². The van der Waals surface area contributed by atoms with Crippen LogP contribution in [0.15, 0.2) is 54.6 Å². The smallest absolute Gasteiger partial charge is 0.262 e. The van der Waals surface area contributed by atoms with Crippen LogP contribution in [0.5, 0.6) is 5.75 Å². The number of piperidine rings is 1. The summed E-state index contributed by atoms with van der Waals surface area (Å²) in [6, 6.07) is 16.9. The van der Waals surface area contributed by atoms with Crippen LogP contribution in [0.3, 0.4) is 0 Å². The topological polar surface area (TPSA) is 54.5 Å². The monoisotopic (exact) mass is 409 g/mol. The molecule has 0 radical (unpaired) electrons. The van der Waals surface area contributed by atoms with Gasteiger partial charge in [0.25, 0.3) is 5.91 Å². The number of fused-ring (bicyclic) bond motifs is 1. The lowest BCUT2D eigenvalue weighted by Gasteiger charge is -2.32. The number of anilines is 2. The van der Waals surface area contributed by atoms with Gasteiger partial charge in [-0.3, -0.25) is 4.79 Å². The van der Waals surface area contributed by atoms with Crippen molar-refractivity contribution in [3.05, 3.63) is 59.6 Å². The number of carbonyl (C=O) groups excluding carboxylic acids is 1. The zero-order chi connectivity index (χ0) is 20.2. The molecule has 1 aliphatic rings. The fraction of sp³-hybridized carbons (Fsp3) is 0.304. The Morgan fingerprint density at radius 1 is 1.24 bits per heavy atom. The Bertz CT molecular complexity index is 1020. The second-order valence-electron chi connectivity index (χ2n) is 7.54. The first-order valence-corrected chi connectivity index (χ1v) is 10.3. The molecule has 1 N–H and O–H groups in total. The minimum Gasteiger partial charge on any atom is -0.481 e. The van der Waals surface area contributed by atoms with Crippen molar-refractivity contribution < 1.29 is 9.53 Å². The molecule has 150 valence electrons. The number of carbonyl (C=O) groups is 1. The van der Waals surface area contributed by atoms with E-state index in [9.17, 15) is 4.79 Å². The lowest BCUT2D eigenvalue weighted by molar-refractivity contribution is -0.118. The highest BCUT2D eigenvalue weighted by Crippen LogP contribution is 2.28. The first-order chi connectivity index (χ1) is 14.1. The molecule has 0 spiro atoms. The molecule has 6 heteroatoms. The van der Waals surface area contributed by atoms with Crippen molar-refractivity contribution in [1.29, 1.82) is 0 Å². The summed E-state index contributed by atoms with van der Waals surface area (Å²) >= 11 is 5.96. The van der Waals surface area contributed by atoms with Crippen LogP contribution < -0.4 is 15.0 Å². The first-order valence-electron chi connectivity index (χ1n) is 9.91. The molecule has 1 aliphatic heterocycles. The van der Waals surface area contributed by atoms with E-state index in [0.717, 1.165) is 29.8 Å². The van der Waals surface area contributed by atoms with Gasteiger partial charge in [-0.05, 0) is 55.2 Å². The Balaban J connectivity index is 1.49. The number of rotatable bonds is 5. The minimum absolute atomic E-state index is 0.0989. The van der Waals surface area contributed by atoms with E-state index in [2.05, 4.69) is 29.3 Å². The molecule has 0 unspecified atom stereocenters. The van der Waals surface area contributed by atoms with Crippen molar-refractivity contribution in [2.45, 2.75) is 19.8 Å². The Kier molecular flexibility index (Phi) is 5.86. The van der Waals surface area contributed by atoms with Gasteiger partial charge < -0.3 is 15.0 Å². The fourth-order valence-electron chi connectivity index (χ4n) is 3.71. The number of hydrogen-bond acceptors (Lipinski definition) is 4. The van der Waals surface area contributed by atoms with Gasteiger partial charge in [0.05, 0.1) is 0 Å². The summed E-state index contributed by atoms with van der Waals surface area (Å²) < 4.78 is 5.82. The molecule has 1 saturated heterocycles. The standard InChI is InChI=1S/C23H24ClN3O2/c1-16-5-4-12-27(14-16)21-11-10-17-6-2-9-20(23(17)26-21)29-15-22(28)25-19-8-3-7-18(24)13-19/h2-3,6-11,13,16H,4-5,12,14-15H2,1H3,(H,25,28)/t16-/m1/s1. The van der Waals surface area contributed by atoms with Crippen molar-refractivity contribution in [3.63, 3.8) is 0 Å². The van der Waals surface area contributed by atoms with Gasteiger partial charge in [0.15, 0.2) is 6.61 Å². The molecular formula is C23H24ClN3O2. The third-order valence-electron chi connectivity index (χ3n) is 5.12. The van der Waals surface area contributed by atoms with Gasteiger partial charge >= 0.3 is 0 Å². The van der Waals surface area contributed by atoms with Crippen molar-refractivity contribution in [1.82, 2.24) is 4.98 Å². The molecule has 3 aromatic rings. The fourth-order valence-corrected chi connectivity index (χ4v) is 3.90. The van der Waals surface area contributed by atoms with Crippen LogP contribution in [0, 0.1) is 5.92 Å². The molecule has 1 aromatic heterocycles. The van der Waals surface area contributed by atoms with Crippen molar-refractivity contribution >= 4 is 39.9 Å². The molecule has 0 aliphatic carbocycles. The SMILES string of the molecule is C[C@@H]1CCCN(c2ccc3cccc(OCC(=O)Nc4cccc(Cl)c4)c3n2)C1. The minimum atomic E-state index is -0.245. The molecule has 2 heterocycles. The average Bonchev–Trinajstić information content (AvgIpc) is 2.72. The van der Waals surface area contributed by atoms with Crippen LogP contribution in [0.4, 0.5) is 11.5 Å². The number of nitrogens with zero attached hydrogens (tertiary/aromatic N) is 2. The average molecular weight is 410 g/mol. The number of pyridine rings is 1. The molecule has 0 bridgehead atoms. The third kappa shape index (κ3) is 4.80. The van der Waals surface area contributed by atoms with Crippen molar-refractivity contribution in [2.75, 3.05) is 29.9 Å². The molecule has 0 saturated carbocycles. The van der Waals surface area contributed by atoms with Crippen LogP contribution >= 0.6 is 11.6 Å².